The Morgan fingerprint density at radius 3 is 2.77 bits per heavy atom. The first kappa shape index (κ1) is 8.70. The van der Waals surface area contributed by atoms with Gasteiger partial charge in [-0.05, 0) is 30.0 Å². The third kappa shape index (κ3) is 1.46. The van der Waals surface area contributed by atoms with Crippen LogP contribution in [0.4, 0.5) is 4.39 Å². The van der Waals surface area contributed by atoms with Crippen molar-refractivity contribution in [1.82, 2.24) is 0 Å². The Morgan fingerprint density at radius 2 is 2.23 bits per heavy atom. The van der Waals surface area contributed by atoms with Gasteiger partial charge in [-0.2, -0.15) is 0 Å². The van der Waals surface area contributed by atoms with Crippen LogP contribution in [0.3, 0.4) is 0 Å². The maximum atomic E-state index is 12.9. The summed E-state index contributed by atoms with van der Waals surface area (Å²) in [6, 6.07) is 7.00. The van der Waals surface area contributed by atoms with Crippen molar-refractivity contribution < 1.29 is 4.39 Å². The van der Waals surface area contributed by atoms with E-state index in [9.17, 15) is 4.39 Å². The van der Waals surface area contributed by atoms with Gasteiger partial charge in [0.15, 0.2) is 0 Å². The summed E-state index contributed by atoms with van der Waals surface area (Å²) < 4.78 is 12.9. The predicted octanol–water partition coefficient (Wildman–Crippen LogP) is 2.28. The van der Waals surface area contributed by atoms with Crippen LogP contribution < -0.4 is 5.73 Å². The van der Waals surface area contributed by atoms with Gasteiger partial charge >= 0.3 is 0 Å². The minimum absolute atomic E-state index is 0.163. The smallest absolute Gasteiger partial charge is 0.123 e. The van der Waals surface area contributed by atoms with Crippen molar-refractivity contribution in [3.05, 3.63) is 35.6 Å². The van der Waals surface area contributed by atoms with Crippen LogP contribution in [-0.4, -0.2) is 6.04 Å². The van der Waals surface area contributed by atoms with Gasteiger partial charge in [-0.3, -0.25) is 0 Å². The molecule has 2 heteroatoms. The lowest BCUT2D eigenvalue weighted by Gasteiger charge is -2.41. The summed E-state index contributed by atoms with van der Waals surface area (Å²) >= 11 is 0. The lowest BCUT2D eigenvalue weighted by Crippen LogP contribution is -2.44. The van der Waals surface area contributed by atoms with Crippen molar-refractivity contribution in [2.24, 2.45) is 11.7 Å². The number of nitrogens with two attached hydrogens (primary N) is 1. The van der Waals surface area contributed by atoms with Crippen molar-refractivity contribution in [2.45, 2.75) is 25.3 Å². The van der Waals surface area contributed by atoms with Crippen molar-refractivity contribution in [3.8, 4) is 0 Å². The zero-order valence-electron chi connectivity index (χ0n) is 7.70. The summed E-state index contributed by atoms with van der Waals surface area (Å²) in [5, 5.41) is 0. The average Bonchev–Trinajstić information content (AvgIpc) is 2.03. The molecular weight excluding hydrogens is 165 g/mol. The molecule has 0 amide bonds. The summed E-state index contributed by atoms with van der Waals surface area (Å²) in [6.45, 7) is 2.17. The molecule has 1 aliphatic carbocycles. The first-order chi connectivity index (χ1) is 6.18. The van der Waals surface area contributed by atoms with E-state index in [1.54, 1.807) is 12.1 Å². The van der Waals surface area contributed by atoms with E-state index >= 15 is 0 Å². The summed E-state index contributed by atoms with van der Waals surface area (Å²) in [5.74, 6) is 0.788. The number of rotatable bonds is 1. The van der Waals surface area contributed by atoms with Crippen molar-refractivity contribution >= 4 is 0 Å². The van der Waals surface area contributed by atoms with Crippen LogP contribution in [0.1, 0.15) is 24.8 Å². The second kappa shape index (κ2) is 3.11. The van der Waals surface area contributed by atoms with Crippen molar-refractivity contribution in [2.75, 3.05) is 0 Å². The molecule has 0 spiro atoms. The molecule has 1 aromatic carbocycles. The predicted molar refractivity (Wildman–Crippen MR) is 50.9 cm³/mol. The Labute approximate surface area is 77.8 Å². The average molecular weight is 179 g/mol. The molecule has 2 rings (SSSR count). The van der Waals surface area contributed by atoms with E-state index in [1.807, 2.05) is 6.07 Å². The molecule has 13 heavy (non-hydrogen) atoms. The maximum absolute atomic E-state index is 12.9. The molecule has 2 N–H and O–H groups in total. The maximum Gasteiger partial charge on any atom is 0.123 e. The fourth-order valence-electron chi connectivity index (χ4n) is 2.24. The highest BCUT2D eigenvalue weighted by Gasteiger charge is 2.36. The van der Waals surface area contributed by atoms with E-state index in [1.165, 1.54) is 6.07 Å². The van der Waals surface area contributed by atoms with Gasteiger partial charge in [-0.15, -0.1) is 0 Å². The zero-order chi connectivity index (χ0) is 9.42. The molecule has 3 unspecified atom stereocenters. The van der Waals surface area contributed by atoms with Crippen LogP contribution in [0.25, 0.3) is 0 Å². The number of hydrogen-bond acceptors (Lipinski definition) is 1. The van der Waals surface area contributed by atoms with Crippen LogP contribution in [0.5, 0.6) is 0 Å². The Kier molecular flexibility index (Phi) is 2.08. The normalized spacial score (nSPS) is 32.7. The van der Waals surface area contributed by atoms with Gasteiger partial charge in [0.25, 0.3) is 0 Å². The molecule has 70 valence electrons. The summed E-state index contributed by atoms with van der Waals surface area (Å²) in [4.78, 5) is 0. The first-order valence-electron chi connectivity index (χ1n) is 4.69. The summed E-state index contributed by atoms with van der Waals surface area (Å²) in [6.07, 6.45) is 1.06. The molecule has 1 aliphatic rings. The van der Waals surface area contributed by atoms with Crippen molar-refractivity contribution in [1.29, 1.82) is 0 Å². The van der Waals surface area contributed by atoms with E-state index in [0.717, 1.165) is 12.0 Å². The van der Waals surface area contributed by atoms with E-state index in [2.05, 4.69) is 6.92 Å². The minimum atomic E-state index is -0.163. The summed E-state index contributed by atoms with van der Waals surface area (Å²) in [5.41, 5.74) is 6.92. The lowest BCUT2D eigenvalue weighted by molar-refractivity contribution is 0.229. The number of benzene rings is 1. The van der Waals surface area contributed by atoms with E-state index in [4.69, 9.17) is 5.73 Å². The third-order valence-corrected chi connectivity index (χ3v) is 2.95. The van der Waals surface area contributed by atoms with Gasteiger partial charge < -0.3 is 5.73 Å². The Hall–Kier alpha value is -0.890. The summed E-state index contributed by atoms with van der Waals surface area (Å²) in [7, 11) is 0. The van der Waals surface area contributed by atoms with Gasteiger partial charge in [0, 0.05) is 12.0 Å². The molecule has 0 aliphatic heterocycles. The van der Waals surface area contributed by atoms with E-state index in [-0.39, 0.29) is 11.9 Å². The minimum Gasteiger partial charge on any atom is -0.327 e. The second-order valence-electron chi connectivity index (χ2n) is 3.96. The molecule has 1 nitrogen and oxygen atoms in total. The van der Waals surface area contributed by atoms with Gasteiger partial charge in [-0.25, -0.2) is 4.39 Å². The fourth-order valence-corrected chi connectivity index (χ4v) is 2.24. The molecule has 0 aromatic heterocycles. The van der Waals surface area contributed by atoms with Crippen LogP contribution in [0.2, 0.25) is 0 Å². The molecule has 0 radical (unpaired) electrons. The largest absolute Gasteiger partial charge is 0.327 e. The standard InChI is InChI=1S/C11H14FN/c1-7-5-10(13)11(7)8-3-2-4-9(12)6-8/h2-4,6-7,10-11H,5,13H2,1H3. The molecule has 1 saturated carbocycles. The van der Waals surface area contributed by atoms with E-state index in [0.29, 0.717) is 11.8 Å². The highest BCUT2D eigenvalue weighted by Crippen LogP contribution is 2.41. The molecular formula is C11H14FN. The first-order valence-corrected chi connectivity index (χ1v) is 4.69. The van der Waals surface area contributed by atoms with Gasteiger partial charge in [0.1, 0.15) is 5.82 Å². The van der Waals surface area contributed by atoms with Crippen molar-refractivity contribution in [3.63, 3.8) is 0 Å². The fraction of sp³-hybridized carbons (Fsp3) is 0.455. The SMILES string of the molecule is CC1CC(N)C1c1cccc(F)c1. The monoisotopic (exact) mass is 179 g/mol. The van der Waals surface area contributed by atoms with Crippen LogP contribution in [-0.2, 0) is 0 Å². The van der Waals surface area contributed by atoms with Gasteiger partial charge in [0.05, 0.1) is 0 Å². The topological polar surface area (TPSA) is 26.0 Å². The Bertz CT molecular complexity index is 303. The molecule has 1 aromatic rings. The van der Waals surface area contributed by atoms with Gasteiger partial charge in [0.2, 0.25) is 0 Å². The van der Waals surface area contributed by atoms with Crippen LogP contribution in [0.15, 0.2) is 24.3 Å². The molecule has 0 saturated heterocycles. The highest BCUT2D eigenvalue weighted by molar-refractivity contribution is 5.25. The van der Waals surface area contributed by atoms with Crippen LogP contribution in [0, 0.1) is 11.7 Å². The zero-order valence-corrected chi connectivity index (χ0v) is 7.70. The molecule has 3 atom stereocenters. The highest BCUT2D eigenvalue weighted by atomic mass is 19.1. The Balaban J connectivity index is 2.25. The Morgan fingerprint density at radius 1 is 1.46 bits per heavy atom. The van der Waals surface area contributed by atoms with Gasteiger partial charge in [-0.1, -0.05) is 19.1 Å². The molecule has 0 bridgehead atoms. The lowest BCUT2D eigenvalue weighted by atomic mass is 9.67. The van der Waals surface area contributed by atoms with E-state index < -0.39 is 0 Å². The second-order valence-corrected chi connectivity index (χ2v) is 3.96. The molecule has 0 heterocycles. The quantitative estimate of drug-likeness (QED) is 0.703. The number of halogens is 1. The third-order valence-electron chi connectivity index (χ3n) is 2.95. The van der Waals surface area contributed by atoms with Crippen LogP contribution >= 0.6 is 0 Å². The molecule has 1 fully saturated rings. The number of hydrogen-bond donors (Lipinski definition) is 1.